The zero-order chi connectivity index (χ0) is 25.5. The lowest BCUT2D eigenvalue weighted by Crippen LogP contribution is -2.30. The Morgan fingerprint density at radius 1 is 0.919 bits per heavy atom. The summed E-state index contributed by atoms with van der Waals surface area (Å²) in [5, 5.41) is 19.3. The molecule has 0 unspecified atom stereocenters. The standard InChI is InChI=1S/C29H37N7O/c1-2-3-4-5-9-16-27-32-36(24-12-7-6-8-13-24)29(37)35(27)21-22-17-19-23(20-18-22)25-14-10-11-15-26(25)28-30-33-34-31-28/h10-11,14-15,17-20,24H,2-9,12-13,16,21H2,1H3,(H,30,31,33,34). The van der Waals surface area contributed by atoms with Crippen molar-refractivity contribution in [2.24, 2.45) is 0 Å². The van der Waals surface area contributed by atoms with Gasteiger partial charge in [-0.1, -0.05) is 100 Å². The van der Waals surface area contributed by atoms with E-state index < -0.39 is 0 Å². The molecule has 0 spiro atoms. The minimum atomic E-state index is 0.0442. The molecule has 5 rings (SSSR count). The summed E-state index contributed by atoms with van der Waals surface area (Å²) < 4.78 is 3.72. The summed E-state index contributed by atoms with van der Waals surface area (Å²) >= 11 is 0. The number of aryl methyl sites for hydroxylation is 1. The van der Waals surface area contributed by atoms with E-state index >= 15 is 0 Å². The lowest BCUT2D eigenvalue weighted by molar-refractivity contribution is 0.319. The molecule has 0 radical (unpaired) electrons. The van der Waals surface area contributed by atoms with Crippen LogP contribution in [-0.2, 0) is 13.0 Å². The van der Waals surface area contributed by atoms with Crippen LogP contribution in [0.25, 0.3) is 22.5 Å². The van der Waals surface area contributed by atoms with Gasteiger partial charge in [-0.15, -0.1) is 5.10 Å². The molecular formula is C29H37N7O. The molecule has 0 amide bonds. The third-order valence-electron chi connectivity index (χ3n) is 7.52. The summed E-state index contributed by atoms with van der Waals surface area (Å²) in [4.78, 5) is 13.5. The number of unbranched alkanes of at least 4 members (excludes halogenated alkanes) is 4. The van der Waals surface area contributed by atoms with Gasteiger partial charge >= 0.3 is 5.69 Å². The first-order valence-corrected chi connectivity index (χ1v) is 13.8. The van der Waals surface area contributed by atoms with Crippen LogP contribution in [0.3, 0.4) is 0 Å². The molecule has 1 aliphatic carbocycles. The van der Waals surface area contributed by atoms with Gasteiger partial charge in [-0.3, -0.25) is 4.57 Å². The monoisotopic (exact) mass is 499 g/mol. The van der Waals surface area contributed by atoms with Gasteiger partial charge < -0.3 is 0 Å². The van der Waals surface area contributed by atoms with Crippen molar-refractivity contribution in [1.29, 1.82) is 0 Å². The number of hydrogen-bond acceptors (Lipinski definition) is 5. The van der Waals surface area contributed by atoms with E-state index in [0.717, 1.165) is 53.8 Å². The molecule has 37 heavy (non-hydrogen) atoms. The SMILES string of the molecule is CCCCCCCc1nn(C2CCCCC2)c(=O)n1Cc1ccc(-c2ccccc2-c2nnn[nH]2)cc1. The molecule has 2 heterocycles. The number of nitrogens with zero attached hydrogens (tertiary/aromatic N) is 6. The van der Waals surface area contributed by atoms with Gasteiger partial charge in [0.1, 0.15) is 5.82 Å². The summed E-state index contributed by atoms with van der Waals surface area (Å²) in [7, 11) is 0. The highest BCUT2D eigenvalue weighted by Crippen LogP contribution is 2.30. The number of tetrazole rings is 1. The molecule has 8 heteroatoms. The number of benzene rings is 2. The predicted octanol–water partition coefficient (Wildman–Crippen LogP) is 5.96. The van der Waals surface area contributed by atoms with E-state index in [9.17, 15) is 4.79 Å². The number of rotatable bonds is 11. The highest BCUT2D eigenvalue weighted by molar-refractivity contribution is 5.80. The number of hydrogen-bond donors (Lipinski definition) is 1. The smallest absolute Gasteiger partial charge is 0.274 e. The van der Waals surface area contributed by atoms with Crippen molar-refractivity contribution in [2.75, 3.05) is 0 Å². The van der Waals surface area contributed by atoms with Crippen molar-refractivity contribution >= 4 is 0 Å². The Morgan fingerprint density at radius 3 is 2.41 bits per heavy atom. The highest BCUT2D eigenvalue weighted by Gasteiger charge is 2.22. The highest BCUT2D eigenvalue weighted by atomic mass is 16.2. The Hall–Kier alpha value is -3.55. The van der Waals surface area contributed by atoms with Crippen LogP contribution in [0, 0.1) is 0 Å². The zero-order valence-corrected chi connectivity index (χ0v) is 21.8. The van der Waals surface area contributed by atoms with E-state index in [-0.39, 0.29) is 11.7 Å². The summed E-state index contributed by atoms with van der Waals surface area (Å²) in [5.74, 6) is 1.57. The maximum atomic E-state index is 13.5. The van der Waals surface area contributed by atoms with Crippen molar-refractivity contribution in [1.82, 2.24) is 35.0 Å². The predicted molar refractivity (Wildman–Crippen MR) is 145 cm³/mol. The topological polar surface area (TPSA) is 94.3 Å². The van der Waals surface area contributed by atoms with E-state index in [2.05, 4.69) is 57.9 Å². The zero-order valence-electron chi connectivity index (χ0n) is 21.8. The van der Waals surface area contributed by atoms with Crippen LogP contribution in [0.2, 0.25) is 0 Å². The fraction of sp³-hybridized carbons (Fsp3) is 0.483. The van der Waals surface area contributed by atoms with Crippen LogP contribution in [0.15, 0.2) is 53.3 Å². The number of nitrogens with one attached hydrogen (secondary N) is 1. The minimum absolute atomic E-state index is 0.0442. The third kappa shape index (κ3) is 5.89. The largest absolute Gasteiger partial charge is 0.346 e. The van der Waals surface area contributed by atoms with E-state index in [1.165, 1.54) is 44.9 Å². The average Bonchev–Trinajstić information content (AvgIpc) is 3.59. The quantitative estimate of drug-likeness (QED) is 0.257. The molecule has 0 saturated heterocycles. The van der Waals surface area contributed by atoms with E-state index in [4.69, 9.17) is 5.10 Å². The molecule has 2 aromatic heterocycles. The van der Waals surface area contributed by atoms with Gasteiger partial charge in [0.25, 0.3) is 0 Å². The van der Waals surface area contributed by atoms with Gasteiger partial charge in [0.2, 0.25) is 0 Å². The van der Waals surface area contributed by atoms with E-state index in [0.29, 0.717) is 12.4 Å². The van der Waals surface area contributed by atoms with Gasteiger partial charge in [0.05, 0.1) is 12.6 Å². The number of H-pyrrole nitrogens is 1. The minimum Gasteiger partial charge on any atom is -0.274 e. The van der Waals surface area contributed by atoms with Gasteiger partial charge in [0, 0.05) is 12.0 Å². The summed E-state index contributed by atoms with van der Waals surface area (Å²) in [6, 6.07) is 16.8. The van der Waals surface area contributed by atoms with Crippen LogP contribution in [0.5, 0.6) is 0 Å². The lowest BCUT2D eigenvalue weighted by atomic mass is 9.96. The van der Waals surface area contributed by atoms with Crippen molar-refractivity contribution in [3.63, 3.8) is 0 Å². The van der Waals surface area contributed by atoms with Crippen LogP contribution in [0.4, 0.5) is 0 Å². The van der Waals surface area contributed by atoms with Crippen LogP contribution in [0.1, 0.15) is 88.6 Å². The summed E-state index contributed by atoms with van der Waals surface area (Å²) in [6.07, 6.45) is 12.6. The second-order valence-electron chi connectivity index (χ2n) is 10.2. The molecule has 8 nitrogen and oxygen atoms in total. The molecule has 1 aliphatic rings. The van der Waals surface area contributed by atoms with Crippen LogP contribution >= 0.6 is 0 Å². The molecular weight excluding hydrogens is 462 g/mol. The molecule has 0 atom stereocenters. The normalized spacial score (nSPS) is 14.3. The lowest BCUT2D eigenvalue weighted by Gasteiger charge is -2.20. The molecule has 0 aliphatic heterocycles. The first-order chi connectivity index (χ1) is 18.2. The van der Waals surface area contributed by atoms with E-state index in [1.807, 2.05) is 22.8 Å². The van der Waals surface area contributed by atoms with Crippen molar-refractivity contribution in [2.45, 2.75) is 90.1 Å². The van der Waals surface area contributed by atoms with Crippen LogP contribution < -0.4 is 5.69 Å². The fourth-order valence-corrected chi connectivity index (χ4v) is 5.44. The van der Waals surface area contributed by atoms with Crippen molar-refractivity contribution in [3.05, 3.63) is 70.4 Å². The van der Waals surface area contributed by atoms with Crippen molar-refractivity contribution in [3.8, 4) is 22.5 Å². The maximum absolute atomic E-state index is 13.5. The molecule has 1 saturated carbocycles. The molecule has 194 valence electrons. The first-order valence-electron chi connectivity index (χ1n) is 13.8. The van der Waals surface area contributed by atoms with Gasteiger partial charge in [-0.2, -0.15) is 5.10 Å². The van der Waals surface area contributed by atoms with Gasteiger partial charge in [-0.25, -0.2) is 14.6 Å². The Kier molecular flexibility index (Phi) is 8.23. The second kappa shape index (κ2) is 12.1. The summed E-state index contributed by atoms with van der Waals surface area (Å²) in [5.41, 5.74) is 4.23. The molecule has 2 aromatic carbocycles. The first kappa shape index (κ1) is 25.1. The van der Waals surface area contributed by atoms with Gasteiger partial charge in [0.15, 0.2) is 5.82 Å². The molecule has 4 aromatic rings. The average molecular weight is 500 g/mol. The fourth-order valence-electron chi connectivity index (χ4n) is 5.44. The maximum Gasteiger partial charge on any atom is 0.346 e. The third-order valence-corrected chi connectivity index (χ3v) is 7.52. The summed E-state index contributed by atoms with van der Waals surface area (Å²) in [6.45, 7) is 2.78. The second-order valence-corrected chi connectivity index (χ2v) is 10.2. The van der Waals surface area contributed by atoms with Crippen molar-refractivity contribution < 1.29 is 0 Å². The van der Waals surface area contributed by atoms with E-state index in [1.54, 1.807) is 4.68 Å². The Morgan fingerprint density at radius 2 is 1.68 bits per heavy atom. The Balaban J connectivity index is 1.38. The Labute approximate surface area is 218 Å². The number of aromatic amines is 1. The molecule has 1 fully saturated rings. The number of aromatic nitrogens is 7. The molecule has 0 bridgehead atoms. The Bertz CT molecular complexity index is 1320. The van der Waals surface area contributed by atoms with Gasteiger partial charge in [-0.05, 0) is 46.4 Å². The van der Waals surface area contributed by atoms with Crippen LogP contribution in [-0.4, -0.2) is 35.0 Å². The molecule has 1 N–H and O–H groups in total.